The van der Waals surface area contributed by atoms with E-state index < -0.39 is 0 Å². The fraction of sp³-hybridized carbons (Fsp3) is 0.0476. The van der Waals surface area contributed by atoms with E-state index in [-0.39, 0.29) is 11.9 Å². The van der Waals surface area contributed by atoms with Crippen molar-refractivity contribution in [3.63, 3.8) is 0 Å². The zero-order valence-electron chi connectivity index (χ0n) is 14.4. The van der Waals surface area contributed by atoms with E-state index in [2.05, 4.69) is 20.4 Å². The minimum atomic E-state index is -0.253. The van der Waals surface area contributed by atoms with E-state index in [1.165, 1.54) is 6.33 Å². The Morgan fingerprint density at radius 3 is 2.22 bits per heavy atom. The van der Waals surface area contributed by atoms with Gasteiger partial charge in [-0.3, -0.25) is 9.78 Å². The first-order valence-electron chi connectivity index (χ1n) is 8.52. The SMILES string of the molecule is O=C(NC(c1ccccc1)c1ccncc1)c1ccc(-n2cncn2)cc1. The lowest BCUT2D eigenvalue weighted by Gasteiger charge is -2.20. The summed E-state index contributed by atoms with van der Waals surface area (Å²) in [6.45, 7) is 0. The van der Waals surface area contributed by atoms with Gasteiger partial charge in [-0.1, -0.05) is 30.3 Å². The molecule has 132 valence electrons. The van der Waals surface area contributed by atoms with Crippen LogP contribution in [0.3, 0.4) is 0 Å². The van der Waals surface area contributed by atoms with Gasteiger partial charge in [-0.25, -0.2) is 9.67 Å². The Hall–Kier alpha value is -3.80. The Morgan fingerprint density at radius 1 is 0.852 bits per heavy atom. The molecule has 0 saturated carbocycles. The summed E-state index contributed by atoms with van der Waals surface area (Å²) < 4.78 is 1.64. The molecule has 6 heteroatoms. The largest absolute Gasteiger partial charge is 0.341 e. The van der Waals surface area contributed by atoms with E-state index >= 15 is 0 Å². The second kappa shape index (κ2) is 7.61. The third-order valence-electron chi connectivity index (χ3n) is 4.26. The van der Waals surface area contributed by atoms with Gasteiger partial charge in [0.2, 0.25) is 0 Å². The van der Waals surface area contributed by atoms with Crippen molar-refractivity contribution in [3.8, 4) is 5.69 Å². The van der Waals surface area contributed by atoms with Gasteiger partial charge in [0.25, 0.3) is 5.91 Å². The van der Waals surface area contributed by atoms with Crippen molar-refractivity contribution in [2.75, 3.05) is 0 Å². The number of hydrogen-bond donors (Lipinski definition) is 1. The highest BCUT2D eigenvalue weighted by Gasteiger charge is 2.17. The standard InChI is InChI=1S/C21H17N5O/c27-21(18-6-8-19(9-7-18)26-15-23-14-24-26)25-20(16-4-2-1-3-5-16)17-10-12-22-13-11-17/h1-15,20H,(H,25,27). The highest BCUT2D eigenvalue weighted by Crippen LogP contribution is 2.22. The van der Waals surface area contributed by atoms with Crippen LogP contribution in [0.5, 0.6) is 0 Å². The van der Waals surface area contributed by atoms with Crippen LogP contribution in [0, 0.1) is 0 Å². The summed E-state index contributed by atoms with van der Waals surface area (Å²) in [5.74, 6) is -0.147. The molecule has 0 radical (unpaired) electrons. The van der Waals surface area contributed by atoms with Crippen LogP contribution in [0.1, 0.15) is 27.5 Å². The maximum atomic E-state index is 12.8. The quantitative estimate of drug-likeness (QED) is 0.597. The third kappa shape index (κ3) is 3.74. The van der Waals surface area contributed by atoms with Crippen LogP contribution in [0.15, 0.2) is 91.8 Å². The van der Waals surface area contributed by atoms with Crippen molar-refractivity contribution in [2.24, 2.45) is 0 Å². The molecule has 0 fully saturated rings. The molecule has 0 spiro atoms. The molecule has 0 aliphatic rings. The fourth-order valence-corrected chi connectivity index (χ4v) is 2.88. The average Bonchev–Trinajstić information content (AvgIpc) is 3.28. The molecule has 4 rings (SSSR count). The molecule has 6 nitrogen and oxygen atoms in total. The van der Waals surface area contributed by atoms with Gasteiger partial charge >= 0.3 is 0 Å². The first-order valence-corrected chi connectivity index (χ1v) is 8.52. The third-order valence-corrected chi connectivity index (χ3v) is 4.26. The Kier molecular flexibility index (Phi) is 4.70. The predicted molar refractivity (Wildman–Crippen MR) is 101 cm³/mol. The summed E-state index contributed by atoms with van der Waals surface area (Å²) in [6.07, 6.45) is 6.54. The molecule has 1 atom stereocenters. The monoisotopic (exact) mass is 355 g/mol. The van der Waals surface area contributed by atoms with Crippen LogP contribution < -0.4 is 5.32 Å². The van der Waals surface area contributed by atoms with Gasteiger partial charge < -0.3 is 5.32 Å². The molecule has 1 unspecified atom stereocenters. The average molecular weight is 355 g/mol. The Morgan fingerprint density at radius 2 is 1.56 bits per heavy atom. The normalized spacial score (nSPS) is 11.7. The molecule has 1 amide bonds. The number of rotatable bonds is 5. The maximum Gasteiger partial charge on any atom is 0.252 e. The van der Waals surface area contributed by atoms with Gasteiger partial charge in [0.05, 0.1) is 11.7 Å². The van der Waals surface area contributed by atoms with Crippen molar-refractivity contribution in [1.29, 1.82) is 0 Å². The van der Waals surface area contributed by atoms with E-state index in [0.29, 0.717) is 5.56 Å². The summed E-state index contributed by atoms with van der Waals surface area (Å²) in [4.78, 5) is 20.8. The zero-order valence-corrected chi connectivity index (χ0v) is 14.4. The highest BCUT2D eigenvalue weighted by atomic mass is 16.1. The summed E-state index contributed by atoms with van der Waals surface area (Å²) in [7, 11) is 0. The number of carbonyl (C=O) groups is 1. The smallest absolute Gasteiger partial charge is 0.252 e. The number of hydrogen-bond acceptors (Lipinski definition) is 4. The van der Waals surface area contributed by atoms with Crippen LogP contribution in [-0.4, -0.2) is 25.7 Å². The number of carbonyl (C=O) groups excluding carboxylic acids is 1. The second-order valence-corrected chi connectivity index (χ2v) is 5.98. The molecular weight excluding hydrogens is 338 g/mol. The number of pyridine rings is 1. The summed E-state index contributed by atoms with van der Waals surface area (Å²) >= 11 is 0. The number of aromatic nitrogens is 4. The zero-order chi connectivity index (χ0) is 18.5. The van der Waals surface area contributed by atoms with E-state index in [4.69, 9.17) is 0 Å². The van der Waals surface area contributed by atoms with E-state index in [1.807, 2.05) is 54.6 Å². The van der Waals surface area contributed by atoms with Crippen molar-refractivity contribution in [1.82, 2.24) is 25.1 Å². The van der Waals surface area contributed by atoms with Crippen LogP contribution in [0.2, 0.25) is 0 Å². The second-order valence-electron chi connectivity index (χ2n) is 5.98. The molecule has 0 bridgehead atoms. The molecule has 0 aliphatic carbocycles. The first kappa shape index (κ1) is 16.7. The van der Waals surface area contributed by atoms with E-state index in [1.54, 1.807) is 35.5 Å². The minimum Gasteiger partial charge on any atom is -0.341 e. The Balaban J connectivity index is 1.58. The summed E-state index contributed by atoms with van der Waals surface area (Å²) in [5, 5.41) is 7.21. The highest BCUT2D eigenvalue weighted by molar-refractivity contribution is 5.94. The Labute approximate surface area is 156 Å². The number of nitrogens with zero attached hydrogens (tertiary/aromatic N) is 4. The maximum absolute atomic E-state index is 12.8. The van der Waals surface area contributed by atoms with Crippen LogP contribution >= 0.6 is 0 Å². The molecule has 27 heavy (non-hydrogen) atoms. The van der Waals surface area contributed by atoms with Gasteiger partial charge in [-0.05, 0) is 47.5 Å². The topological polar surface area (TPSA) is 72.7 Å². The minimum absolute atomic E-state index is 0.147. The summed E-state index contributed by atoms with van der Waals surface area (Å²) in [5.41, 5.74) is 3.41. The predicted octanol–water partition coefficient (Wildman–Crippen LogP) is 3.18. The fourth-order valence-electron chi connectivity index (χ4n) is 2.88. The van der Waals surface area contributed by atoms with Gasteiger partial charge in [0.15, 0.2) is 0 Å². The lowest BCUT2D eigenvalue weighted by Crippen LogP contribution is -2.29. The van der Waals surface area contributed by atoms with Crippen molar-refractivity contribution in [3.05, 3.63) is 108 Å². The first-order chi connectivity index (χ1) is 13.3. The van der Waals surface area contributed by atoms with E-state index in [9.17, 15) is 4.79 Å². The molecule has 2 heterocycles. The summed E-state index contributed by atoms with van der Waals surface area (Å²) in [6, 6.07) is 20.7. The van der Waals surface area contributed by atoms with Gasteiger partial charge in [0.1, 0.15) is 12.7 Å². The van der Waals surface area contributed by atoms with Crippen molar-refractivity contribution in [2.45, 2.75) is 6.04 Å². The van der Waals surface area contributed by atoms with Gasteiger partial charge in [0, 0.05) is 18.0 Å². The molecule has 2 aromatic carbocycles. The van der Waals surface area contributed by atoms with Crippen LogP contribution in [0.25, 0.3) is 5.69 Å². The Bertz CT molecular complexity index is 960. The van der Waals surface area contributed by atoms with Crippen LogP contribution in [-0.2, 0) is 0 Å². The molecule has 1 N–H and O–H groups in total. The molecule has 0 aliphatic heterocycles. The molecular formula is C21H17N5O. The molecule has 0 saturated heterocycles. The molecule has 2 aromatic heterocycles. The van der Waals surface area contributed by atoms with Gasteiger partial charge in [-0.15, -0.1) is 0 Å². The number of nitrogens with one attached hydrogen (secondary N) is 1. The van der Waals surface area contributed by atoms with Crippen molar-refractivity contribution < 1.29 is 4.79 Å². The lowest BCUT2D eigenvalue weighted by atomic mass is 9.99. The lowest BCUT2D eigenvalue weighted by molar-refractivity contribution is 0.0943. The molecule has 4 aromatic rings. The van der Waals surface area contributed by atoms with Crippen LogP contribution in [0.4, 0.5) is 0 Å². The van der Waals surface area contributed by atoms with Gasteiger partial charge in [-0.2, -0.15) is 5.10 Å². The van der Waals surface area contributed by atoms with Crippen molar-refractivity contribution >= 4 is 5.91 Å². The number of benzene rings is 2. The van der Waals surface area contributed by atoms with E-state index in [0.717, 1.165) is 16.8 Å². The number of amides is 1.